The van der Waals surface area contributed by atoms with Crippen LogP contribution in [0.25, 0.3) is 0 Å². The van der Waals surface area contributed by atoms with Crippen molar-refractivity contribution in [3.8, 4) is 0 Å². The van der Waals surface area contributed by atoms with Gasteiger partial charge in [-0.25, -0.2) is 0 Å². The molecule has 2 fully saturated rings. The van der Waals surface area contributed by atoms with Crippen molar-refractivity contribution < 1.29 is 19.4 Å². The molecule has 5 nitrogen and oxygen atoms in total. The summed E-state index contributed by atoms with van der Waals surface area (Å²) in [5.41, 5.74) is -0.144. The lowest BCUT2D eigenvalue weighted by molar-refractivity contribution is -0.142. The van der Waals surface area contributed by atoms with Gasteiger partial charge in [-0.2, -0.15) is 0 Å². The minimum Gasteiger partial charge on any atom is -0.480 e. The van der Waals surface area contributed by atoms with Crippen molar-refractivity contribution in [1.29, 1.82) is 0 Å². The van der Waals surface area contributed by atoms with Crippen LogP contribution >= 0.6 is 0 Å². The molecule has 0 saturated carbocycles. The first-order valence-corrected chi connectivity index (χ1v) is 6.33. The Balaban J connectivity index is 1.97. The smallest absolute Gasteiger partial charge is 0.317 e. The second-order valence-electron chi connectivity index (χ2n) is 4.94. The number of ether oxygens (including phenoxy) is 2. The van der Waals surface area contributed by atoms with Gasteiger partial charge in [-0.1, -0.05) is 6.92 Å². The SMILES string of the molecule is CCN(CC(=O)O)C1CCOC2(CCOC2)C1. The maximum absolute atomic E-state index is 10.8. The van der Waals surface area contributed by atoms with Crippen molar-refractivity contribution >= 4 is 5.97 Å². The molecule has 2 rings (SSSR count). The first-order valence-electron chi connectivity index (χ1n) is 6.33. The summed E-state index contributed by atoms with van der Waals surface area (Å²) in [5, 5.41) is 8.90. The number of carboxylic acid groups (broad SMARTS) is 1. The van der Waals surface area contributed by atoms with Gasteiger partial charge in [0.1, 0.15) is 0 Å². The molecule has 0 bridgehead atoms. The number of rotatable bonds is 4. The van der Waals surface area contributed by atoms with E-state index >= 15 is 0 Å². The summed E-state index contributed by atoms with van der Waals surface area (Å²) in [6.07, 6.45) is 2.76. The second-order valence-corrected chi connectivity index (χ2v) is 4.94. The molecule has 0 aromatic rings. The molecule has 1 N–H and O–H groups in total. The number of carbonyl (C=O) groups is 1. The number of carboxylic acids is 1. The maximum Gasteiger partial charge on any atom is 0.317 e. The van der Waals surface area contributed by atoms with Gasteiger partial charge in [0, 0.05) is 25.7 Å². The van der Waals surface area contributed by atoms with E-state index in [0.29, 0.717) is 19.3 Å². The maximum atomic E-state index is 10.8. The average molecular weight is 243 g/mol. The van der Waals surface area contributed by atoms with Crippen LogP contribution in [0, 0.1) is 0 Å². The highest BCUT2D eigenvalue weighted by Crippen LogP contribution is 2.34. The van der Waals surface area contributed by atoms with Crippen LogP contribution in [-0.4, -0.2) is 60.5 Å². The molecule has 2 atom stereocenters. The fourth-order valence-electron chi connectivity index (χ4n) is 2.85. The molecule has 2 aliphatic rings. The van der Waals surface area contributed by atoms with E-state index in [2.05, 4.69) is 0 Å². The van der Waals surface area contributed by atoms with Gasteiger partial charge < -0.3 is 14.6 Å². The summed E-state index contributed by atoms with van der Waals surface area (Å²) < 4.78 is 11.3. The molecule has 2 saturated heterocycles. The van der Waals surface area contributed by atoms with Gasteiger partial charge >= 0.3 is 5.97 Å². The van der Waals surface area contributed by atoms with Crippen LogP contribution in [0.2, 0.25) is 0 Å². The molecule has 0 aromatic carbocycles. The van der Waals surface area contributed by atoms with E-state index in [9.17, 15) is 4.79 Å². The van der Waals surface area contributed by atoms with Gasteiger partial charge in [0.2, 0.25) is 0 Å². The first-order chi connectivity index (χ1) is 8.15. The number of hydrogen-bond acceptors (Lipinski definition) is 4. The fraction of sp³-hybridized carbons (Fsp3) is 0.917. The van der Waals surface area contributed by atoms with Crippen LogP contribution in [0.5, 0.6) is 0 Å². The van der Waals surface area contributed by atoms with E-state index in [1.807, 2.05) is 11.8 Å². The zero-order valence-electron chi connectivity index (χ0n) is 10.4. The monoisotopic (exact) mass is 243 g/mol. The van der Waals surface area contributed by atoms with E-state index < -0.39 is 5.97 Å². The van der Waals surface area contributed by atoms with Crippen molar-refractivity contribution in [2.24, 2.45) is 0 Å². The summed E-state index contributed by atoms with van der Waals surface area (Å²) in [4.78, 5) is 12.9. The Morgan fingerprint density at radius 3 is 2.94 bits per heavy atom. The van der Waals surface area contributed by atoms with E-state index in [1.165, 1.54) is 0 Å². The van der Waals surface area contributed by atoms with E-state index in [-0.39, 0.29) is 12.1 Å². The Labute approximate surface area is 102 Å². The predicted molar refractivity (Wildman–Crippen MR) is 62.0 cm³/mol. The molecule has 5 heteroatoms. The van der Waals surface area contributed by atoms with Crippen molar-refractivity contribution in [2.75, 3.05) is 32.9 Å². The third-order valence-corrected chi connectivity index (χ3v) is 3.80. The van der Waals surface area contributed by atoms with Gasteiger partial charge in [-0.3, -0.25) is 9.69 Å². The Kier molecular flexibility index (Phi) is 4.01. The lowest BCUT2D eigenvalue weighted by Gasteiger charge is -2.41. The summed E-state index contributed by atoms with van der Waals surface area (Å²) in [6.45, 7) is 5.04. The number of nitrogens with zero attached hydrogens (tertiary/aromatic N) is 1. The molecule has 2 unspecified atom stereocenters. The van der Waals surface area contributed by atoms with Crippen molar-refractivity contribution in [3.05, 3.63) is 0 Å². The predicted octanol–water partition coefficient (Wildman–Crippen LogP) is 0.731. The molecule has 0 aromatic heterocycles. The van der Waals surface area contributed by atoms with Crippen LogP contribution in [0.4, 0.5) is 0 Å². The molecule has 0 radical (unpaired) electrons. The minimum atomic E-state index is -0.755. The van der Waals surface area contributed by atoms with Crippen LogP contribution in [0.1, 0.15) is 26.2 Å². The molecule has 2 aliphatic heterocycles. The molecule has 17 heavy (non-hydrogen) atoms. The van der Waals surface area contributed by atoms with E-state index in [0.717, 1.165) is 32.4 Å². The van der Waals surface area contributed by atoms with Crippen LogP contribution in [-0.2, 0) is 14.3 Å². The van der Waals surface area contributed by atoms with Crippen LogP contribution in [0.15, 0.2) is 0 Å². The first kappa shape index (κ1) is 12.8. The largest absolute Gasteiger partial charge is 0.480 e. The molecule has 2 heterocycles. The quantitative estimate of drug-likeness (QED) is 0.789. The summed E-state index contributed by atoms with van der Waals surface area (Å²) in [5.74, 6) is -0.755. The van der Waals surface area contributed by atoms with E-state index in [4.69, 9.17) is 14.6 Å². The standard InChI is InChI=1S/C12H21NO4/c1-2-13(8-11(14)15)10-3-5-17-12(7-10)4-6-16-9-12/h10H,2-9H2,1H3,(H,14,15). The summed E-state index contributed by atoms with van der Waals surface area (Å²) in [7, 11) is 0. The van der Waals surface area contributed by atoms with E-state index in [1.54, 1.807) is 0 Å². The molecule has 0 aliphatic carbocycles. The van der Waals surface area contributed by atoms with Crippen LogP contribution < -0.4 is 0 Å². The Hall–Kier alpha value is -0.650. The topological polar surface area (TPSA) is 59.0 Å². The van der Waals surface area contributed by atoms with Crippen molar-refractivity contribution in [1.82, 2.24) is 4.90 Å². The lowest BCUT2D eigenvalue weighted by Crippen LogP contribution is -2.50. The number of likely N-dealkylation sites (N-methyl/N-ethyl adjacent to an activating group) is 1. The van der Waals surface area contributed by atoms with Gasteiger partial charge in [-0.15, -0.1) is 0 Å². The highest BCUT2D eigenvalue weighted by molar-refractivity contribution is 5.69. The average Bonchev–Trinajstić information content (AvgIpc) is 2.74. The molecule has 0 amide bonds. The molecule has 98 valence electrons. The zero-order chi connectivity index (χ0) is 12.3. The summed E-state index contributed by atoms with van der Waals surface area (Å²) in [6, 6.07) is 0.312. The molecular weight excluding hydrogens is 222 g/mol. The van der Waals surface area contributed by atoms with Gasteiger partial charge in [0.05, 0.1) is 18.8 Å². The highest BCUT2D eigenvalue weighted by atomic mass is 16.6. The second kappa shape index (κ2) is 5.33. The van der Waals surface area contributed by atoms with Gasteiger partial charge in [0.15, 0.2) is 0 Å². The minimum absolute atomic E-state index is 0.123. The summed E-state index contributed by atoms with van der Waals surface area (Å²) >= 11 is 0. The Morgan fingerprint density at radius 1 is 1.53 bits per heavy atom. The zero-order valence-corrected chi connectivity index (χ0v) is 10.4. The number of hydrogen-bond donors (Lipinski definition) is 1. The fourth-order valence-corrected chi connectivity index (χ4v) is 2.85. The lowest BCUT2D eigenvalue weighted by atomic mass is 9.89. The van der Waals surface area contributed by atoms with Crippen molar-refractivity contribution in [2.45, 2.75) is 37.8 Å². The molecular formula is C12H21NO4. The van der Waals surface area contributed by atoms with Crippen LogP contribution in [0.3, 0.4) is 0 Å². The van der Waals surface area contributed by atoms with Gasteiger partial charge in [0.25, 0.3) is 0 Å². The Morgan fingerprint density at radius 2 is 2.35 bits per heavy atom. The Bertz CT molecular complexity index is 276. The third-order valence-electron chi connectivity index (χ3n) is 3.80. The van der Waals surface area contributed by atoms with Crippen molar-refractivity contribution in [3.63, 3.8) is 0 Å². The van der Waals surface area contributed by atoms with Gasteiger partial charge in [-0.05, 0) is 19.4 Å². The third kappa shape index (κ3) is 2.97. The molecule has 1 spiro atoms. The number of aliphatic carboxylic acids is 1. The highest BCUT2D eigenvalue weighted by Gasteiger charge is 2.42. The normalized spacial score (nSPS) is 33.4.